The van der Waals surface area contributed by atoms with Gasteiger partial charge in [0, 0.05) is 30.6 Å². The number of hydrogen-bond donors (Lipinski definition) is 1. The summed E-state index contributed by atoms with van der Waals surface area (Å²) in [5.41, 5.74) is 7.71. The van der Waals surface area contributed by atoms with Crippen molar-refractivity contribution in [2.75, 3.05) is 36.0 Å². The molecule has 150 valence electrons. The Bertz CT molecular complexity index is 1020. The normalized spacial score (nSPS) is 18.1. The highest BCUT2D eigenvalue weighted by atomic mass is 19.1. The van der Waals surface area contributed by atoms with Gasteiger partial charge < -0.3 is 20.3 Å². The van der Waals surface area contributed by atoms with Crippen LogP contribution >= 0.6 is 0 Å². The van der Waals surface area contributed by atoms with Crippen molar-refractivity contribution in [2.24, 2.45) is 5.73 Å². The van der Waals surface area contributed by atoms with Crippen LogP contribution in [0.3, 0.4) is 0 Å². The van der Waals surface area contributed by atoms with Gasteiger partial charge in [0.05, 0.1) is 24.8 Å². The molecular formula is C22H24FN5O. The molecule has 3 aromatic rings. The Balaban J connectivity index is 1.27. The number of benzene rings is 1. The van der Waals surface area contributed by atoms with E-state index >= 15 is 0 Å². The lowest BCUT2D eigenvalue weighted by Gasteiger charge is -2.40. The maximum absolute atomic E-state index is 13.8. The van der Waals surface area contributed by atoms with Crippen LogP contribution in [-0.4, -0.2) is 48.3 Å². The molecule has 0 amide bonds. The predicted molar refractivity (Wildman–Crippen MR) is 112 cm³/mol. The second kappa shape index (κ2) is 7.48. The molecular weight excluding hydrogens is 369 g/mol. The highest BCUT2D eigenvalue weighted by Crippen LogP contribution is 2.32. The minimum absolute atomic E-state index is 0.00651. The number of fused-ring (bicyclic) bond motifs is 1. The summed E-state index contributed by atoms with van der Waals surface area (Å²) >= 11 is 0. The van der Waals surface area contributed by atoms with Crippen LogP contribution in [0.25, 0.3) is 10.9 Å². The standard InChI is InChI=1S/C22H24FN5O/c23-16-11-20(27-9-7-17(24)8-10-27)22(25-12-16)29-18-13-28(14-18)21-6-5-15-3-1-2-4-19(15)26-21/h1-6,11-12,17-18H,7-10,13-14,24H2. The lowest BCUT2D eigenvalue weighted by molar-refractivity contribution is 0.160. The molecule has 0 saturated carbocycles. The van der Waals surface area contributed by atoms with E-state index in [0.29, 0.717) is 5.88 Å². The molecule has 0 aliphatic carbocycles. The number of anilines is 2. The summed E-state index contributed by atoms with van der Waals surface area (Å²) in [5.74, 6) is 1.09. The summed E-state index contributed by atoms with van der Waals surface area (Å²) in [6, 6.07) is 13.9. The lowest BCUT2D eigenvalue weighted by Crippen LogP contribution is -2.54. The van der Waals surface area contributed by atoms with Crippen LogP contribution in [0.1, 0.15) is 12.8 Å². The van der Waals surface area contributed by atoms with E-state index in [1.165, 1.54) is 12.3 Å². The molecule has 0 atom stereocenters. The fraction of sp³-hybridized carbons (Fsp3) is 0.364. The van der Waals surface area contributed by atoms with E-state index in [2.05, 4.69) is 26.9 Å². The van der Waals surface area contributed by atoms with E-state index in [0.717, 1.165) is 61.4 Å². The Morgan fingerprint density at radius 3 is 2.66 bits per heavy atom. The smallest absolute Gasteiger partial charge is 0.238 e. The van der Waals surface area contributed by atoms with Gasteiger partial charge in [-0.15, -0.1) is 0 Å². The largest absolute Gasteiger partial charge is 0.469 e. The average Bonchev–Trinajstić information content (AvgIpc) is 2.71. The molecule has 2 aliphatic heterocycles. The molecule has 2 N–H and O–H groups in total. The summed E-state index contributed by atoms with van der Waals surface area (Å²) < 4.78 is 20.0. The maximum Gasteiger partial charge on any atom is 0.238 e. The van der Waals surface area contributed by atoms with Crippen LogP contribution in [0.5, 0.6) is 5.88 Å². The predicted octanol–water partition coefficient (Wildman–Crippen LogP) is 2.96. The van der Waals surface area contributed by atoms with Crippen molar-refractivity contribution in [3.63, 3.8) is 0 Å². The quantitative estimate of drug-likeness (QED) is 0.735. The molecule has 29 heavy (non-hydrogen) atoms. The van der Waals surface area contributed by atoms with Crippen molar-refractivity contribution < 1.29 is 9.13 Å². The Kier molecular flexibility index (Phi) is 4.67. The Labute approximate surface area is 169 Å². The number of hydrogen-bond acceptors (Lipinski definition) is 6. The van der Waals surface area contributed by atoms with Gasteiger partial charge in [-0.3, -0.25) is 0 Å². The molecule has 6 nitrogen and oxygen atoms in total. The van der Waals surface area contributed by atoms with Crippen molar-refractivity contribution in [3.05, 3.63) is 54.5 Å². The molecule has 2 aromatic heterocycles. The van der Waals surface area contributed by atoms with Crippen LogP contribution in [-0.2, 0) is 0 Å². The van der Waals surface area contributed by atoms with E-state index in [1.54, 1.807) is 0 Å². The molecule has 1 aromatic carbocycles. The molecule has 7 heteroatoms. The summed E-state index contributed by atoms with van der Waals surface area (Å²) in [4.78, 5) is 13.3. The number of nitrogens with two attached hydrogens (primary N) is 1. The molecule has 0 unspecified atom stereocenters. The SMILES string of the molecule is NC1CCN(c2cc(F)cnc2OC2CN(c3ccc4ccccc4n3)C2)CC1. The molecule has 0 spiro atoms. The Hall–Kier alpha value is -2.93. The van der Waals surface area contributed by atoms with Gasteiger partial charge in [-0.25, -0.2) is 14.4 Å². The second-order valence-corrected chi connectivity index (χ2v) is 7.81. The number of nitrogens with zero attached hydrogens (tertiary/aromatic N) is 4. The lowest BCUT2D eigenvalue weighted by atomic mass is 10.1. The third-order valence-electron chi connectivity index (χ3n) is 5.71. The van der Waals surface area contributed by atoms with E-state index in [1.807, 2.05) is 24.3 Å². The number of aromatic nitrogens is 2. The van der Waals surface area contributed by atoms with Crippen LogP contribution in [0, 0.1) is 5.82 Å². The van der Waals surface area contributed by atoms with Gasteiger partial charge in [-0.1, -0.05) is 18.2 Å². The van der Waals surface area contributed by atoms with E-state index in [4.69, 9.17) is 15.5 Å². The van der Waals surface area contributed by atoms with Gasteiger partial charge >= 0.3 is 0 Å². The Morgan fingerprint density at radius 2 is 1.83 bits per heavy atom. The first-order valence-electron chi connectivity index (χ1n) is 10.1. The van der Waals surface area contributed by atoms with Crippen molar-refractivity contribution in [3.8, 4) is 5.88 Å². The highest BCUT2D eigenvalue weighted by Gasteiger charge is 2.31. The number of piperidine rings is 1. The third kappa shape index (κ3) is 3.70. The zero-order valence-corrected chi connectivity index (χ0v) is 16.2. The van der Waals surface area contributed by atoms with Crippen molar-refractivity contribution >= 4 is 22.4 Å². The summed E-state index contributed by atoms with van der Waals surface area (Å²) in [7, 11) is 0. The zero-order valence-electron chi connectivity index (χ0n) is 16.2. The fourth-order valence-electron chi connectivity index (χ4n) is 3.96. The molecule has 2 saturated heterocycles. The monoisotopic (exact) mass is 393 g/mol. The fourth-order valence-corrected chi connectivity index (χ4v) is 3.96. The molecule has 4 heterocycles. The van der Waals surface area contributed by atoms with Gasteiger partial charge in [0.2, 0.25) is 5.88 Å². The van der Waals surface area contributed by atoms with Crippen molar-refractivity contribution in [1.29, 1.82) is 0 Å². The van der Waals surface area contributed by atoms with Gasteiger partial charge in [-0.2, -0.15) is 0 Å². The van der Waals surface area contributed by atoms with Crippen molar-refractivity contribution in [1.82, 2.24) is 9.97 Å². The first-order valence-corrected chi connectivity index (χ1v) is 10.1. The van der Waals surface area contributed by atoms with Gasteiger partial charge in [0.15, 0.2) is 0 Å². The van der Waals surface area contributed by atoms with Crippen molar-refractivity contribution in [2.45, 2.75) is 25.0 Å². The molecule has 0 radical (unpaired) electrons. The molecule has 2 aliphatic rings. The second-order valence-electron chi connectivity index (χ2n) is 7.81. The third-order valence-corrected chi connectivity index (χ3v) is 5.71. The first-order chi connectivity index (χ1) is 14.2. The van der Waals surface area contributed by atoms with Gasteiger partial charge in [0.1, 0.15) is 23.4 Å². The van der Waals surface area contributed by atoms with Crippen LogP contribution in [0.2, 0.25) is 0 Å². The minimum atomic E-state index is -0.349. The number of pyridine rings is 2. The summed E-state index contributed by atoms with van der Waals surface area (Å²) in [6.07, 6.45) is 3.00. The average molecular weight is 393 g/mol. The van der Waals surface area contributed by atoms with E-state index < -0.39 is 0 Å². The minimum Gasteiger partial charge on any atom is -0.469 e. The van der Waals surface area contributed by atoms with E-state index in [9.17, 15) is 4.39 Å². The maximum atomic E-state index is 13.8. The molecule has 2 fully saturated rings. The van der Waals surface area contributed by atoms with Gasteiger partial charge in [-0.05, 0) is 31.0 Å². The van der Waals surface area contributed by atoms with Crippen LogP contribution in [0.15, 0.2) is 48.7 Å². The zero-order chi connectivity index (χ0) is 19.8. The summed E-state index contributed by atoms with van der Waals surface area (Å²) in [6.45, 7) is 3.05. The van der Waals surface area contributed by atoms with E-state index in [-0.39, 0.29) is 18.0 Å². The molecule has 5 rings (SSSR count). The van der Waals surface area contributed by atoms with Gasteiger partial charge in [0.25, 0.3) is 0 Å². The number of halogens is 1. The summed E-state index contributed by atoms with van der Waals surface area (Å²) in [5, 5.41) is 1.13. The molecule has 0 bridgehead atoms. The Morgan fingerprint density at radius 1 is 1.03 bits per heavy atom. The number of para-hydroxylation sites is 1. The highest BCUT2D eigenvalue weighted by molar-refractivity contribution is 5.80. The van der Waals surface area contributed by atoms with Crippen LogP contribution in [0.4, 0.5) is 15.9 Å². The number of rotatable bonds is 4. The van der Waals surface area contributed by atoms with Crippen LogP contribution < -0.4 is 20.3 Å². The topological polar surface area (TPSA) is 67.5 Å². The first kappa shape index (κ1) is 18.1. The number of ether oxygens (including phenoxy) is 1.